The van der Waals surface area contributed by atoms with E-state index in [9.17, 15) is 74.7 Å². The number of hydrogen-bond donors (Lipinski definition) is 11. The standard InChI is InChI=1S/C45H62N6O21/c52-28-3-1-27(2-4-28)30-21-29(53)37-31(70-30)22-32(38(61)39(37)62)71-45-42(65)40(63)41(64)43(72-45)44(66)47-6-16-68-18-20-69-19-17-67-15-5-46-33(54)23-48-7-9-49(24-34(55)56)11-13-51(26-36(59)60)14-12-50(10-8-48)25-35(57)58/h1-4,21-22,40-43,45,52,61-65H,5-20,23-26H2,(H,46,54)(H,47,66)(H,55,56)(H,57,58)(H,59,60)/t40-,41-,42+,43-,45?/m0/s1. The number of carboxylic acids is 3. The van der Waals surface area contributed by atoms with E-state index in [0.29, 0.717) is 18.7 Å². The maximum absolute atomic E-state index is 13.0. The number of carbonyl (C=O) groups is 5. The normalized spacial score (nSPS) is 21.1. The van der Waals surface area contributed by atoms with E-state index in [0.717, 1.165) is 12.1 Å². The number of carbonyl (C=O) groups excluding carboxylic acids is 2. The molecule has 1 aromatic heterocycles. The summed E-state index contributed by atoms with van der Waals surface area (Å²) in [6.45, 7) is 2.21. The lowest BCUT2D eigenvalue weighted by Gasteiger charge is -2.39. The number of amides is 2. The summed E-state index contributed by atoms with van der Waals surface area (Å²) in [6.07, 6.45) is -9.52. The van der Waals surface area contributed by atoms with Gasteiger partial charge in [-0.15, -0.1) is 0 Å². The highest BCUT2D eigenvalue weighted by atomic mass is 16.7. The summed E-state index contributed by atoms with van der Waals surface area (Å²) in [4.78, 5) is 80.0. The number of fused-ring (bicyclic) bond motifs is 1. The van der Waals surface area contributed by atoms with Crippen molar-refractivity contribution >= 4 is 40.7 Å². The van der Waals surface area contributed by atoms with Crippen molar-refractivity contribution in [2.45, 2.75) is 30.7 Å². The van der Waals surface area contributed by atoms with E-state index in [1.807, 2.05) is 0 Å². The SMILES string of the molecule is O=C(O)CN1CCN(CC(=O)O)CCN(CC(=O)NCCOCCOCCOCCNC(=O)[C@H]2OC(Oc3cc4oc(-c5ccc(O)cc5)cc(=O)c4c(O)c3O)[C@H](O)[C@@H](O)[C@@H]2O)CCN(CC(=O)O)CC1. The molecule has 0 bridgehead atoms. The number of phenolic OH excluding ortho intramolecular Hbond substituents is 3. The molecule has 27 heteroatoms. The summed E-state index contributed by atoms with van der Waals surface area (Å²) in [6, 6.07) is 7.75. The molecule has 0 spiro atoms. The number of aliphatic hydroxyl groups excluding tert-OH is 3. The van der Waals surface area contributed by atoms with E-state index in [1.165, 1.54) is 24.3 Å². The van der Waals surface area contributed by atoms with Gasteiger partial charge < -0.3 is 84.7 Å². The molecule has 5 atom stereocenters. The number of ether oxygens (including phenoxy) is 5. The highest BCUT2D eigenvalue weighted by Gasteiger charge is 2.48. The van der Waals surface area contributed by atoms with Gasteiger partial charge in [0.25, 0.3) is 5.91 Å². The number of hydrogen-bond acceptors (Lipinski definition) is 22. The Morgan fingerprint density at radius 2 is 1.07 bits per heavy atom. The molecule has 11 N–H and O–H groups in total. The molecular formula is C45H62N6O21. The van der Waals surface area contributed by atoms with E-state index in [-0.39, 0.29) is 141 Å². The Morgan fingerprint density at radius 3 is 1.57 bits per heavy atom. The summed E-state index contributed by atoms with van der Waals surface area (Å²) in [5.74, 6) is -6.84. The number of aliphatic carboxylic acids is 3. The molecule has 0 saturated carbocycles. The highest BCUT2D eigenvalue weighted by molar-refractivity contribution is 5.89. The van der Waals surface area contributed by atoms with Crippen molar-refractivity contribution in [3.8, 4) is 34.3 Å². The van der Waals surface area contributed by atoms with E-state index >= 15 is 0 Å². The van der Waals surface area contributed by atoms with E-state index in [4.69, 9.17) is 28.1 Å². The highest BCUT2D eigenvalue weighted by Crippen LogP contribution is 2.42. The first-order valence-corrected chi connectivity index (χ1v) is 22.9. The molecule has 5 rings (SSSR count). The van der Waals surface area contributed by atoms with Crippen LogP contribution in [-0.2, 0) is 42.9 Å². The van der Waals surface area contributed by atoms with Crippen molar-refractivity contribution < 1.29 is 98.0 Å². The number of aromatic hydroxyl groups is 3. The summed E-state index contributed by atoms with van der Waals surface area (Å²) in [5, 5.41) is 95.8. The molecular weight excluding hydrogens is 961 g/mol. The van der Waals surface area contributed by atoms with Crippen molar-refractivity contribution in [3.05, 3.63) is 46.6 Å². The van der Waals surface area contributed by atoms with Crippen LogP contribution in [0.2, 0.25) is 0 Å². The molecule has 3 aromatic rings. The van der Waals surface area contributed by atoms with Gasteiger partial charge in [0.2, 0.25) is 17.9 Å². The van der Waals surface area contributed by atoms with Crippen molar-refractivity contribution in [1.82, 2.24) is 30.2 Å². The summed E-state index contributed by atoms with van der Waals surface area (Å²) in [7, 11) is 0. The zero-order chi connectivity index (χ0) is 52.3. The number of rotatable bonds is 24. The quantitative estimate of drug-likeness (QED) is 0.0307. The topological polar surface area (TPSA) is 381 Å². The number of aliphatic hydroxyl groups is 3. The van der Waals surface area contributed by atoms with Crippen LogP contribution in [0.15, 0.2) is 45.6 Å². The van der Waals surface area contributed by atoms with Gasteiger partial charge in [-0.2, -0.15) is 0 Å². The Bertz CT molecular complexity index is 2310. The third kappa shape index (κ3) is 17.5. The van der Waals surface area contributed by atoms with Crippen LogP contribution in [0.1, 0.15) is 0 Å². The second-order valence-corrected chi connectivity index (χ2v) is 16.7. The van der Waals surface area contributed by atoms with Crippen LogP contribution in [0.25, 0.3) is 22.3 Å². The fourth-order valence-corrected chi connectivity index (χ4v) is 7.61. The molecule has 3 heterocycles. The zero-order valence-corrected chi connectivity index (χ0v) is 39.2. The predicted molar refractivity (Wildman–Crippen MR) is 247 cm³/mol. The van der Waals surface area contributed by atoms with Crippen molar-refractivity contribution in [3.63, 3.8) is 0 Å². The van der Waals surface area contributed by atoms with Gasteiger partial charge in [0.1, 0.15) is 40.8 Å². The molecule has 2 fully saturated rings. The smallest absolute Gasteiger partial charge is 0.317 e. The summed E-state index contributed by atoms with van der Waals surface area (Å²) in [5.41, 5.74) is -0.602. The Labute approximate surface area is 411 Å². The zero-order valence-electron chi connectivity index (χ0n) is 39.2. The molecule has 0 aliphatic carbocycles. The molecule has 2 aliphatic rings. The molecule has 398 valence electrons. The fourth-order valence-electron chi connectivity index (χ4n) is 7.61. The van der Waals surface area contributed by atoms with Gasteiger partial charge in [0.15, 0.2) is 23.0 Å². The van der Waals surface area contributed by atoms with Crippen LogP contribution in [0, 0.1) is 0 Å². The monoisotopic (exact) mass is 1020 g/mol. The van der Waals surface area contributed by atoms with Gasteiger partial charge in [0, 0.05) is 83.1 Å². The van der Waals surface area contributed by atoms with Crippen LogP contribution in [-0.4, -0.2) is 257 Å². The van der Waals surface area contributed by atoms with E-state index < -0.39 is 82.6 Å². The number of carboxylic acid groups (broad SMARTS) is 3. The molecule has 1 unspecified atom stereocenters. The van der Waals surface area contributed by atoms with Crippen LogP contribution in [0.4, 0.5) is 0 Å². The number of nitrogens with one attached hydrogen (secondary N) is 2. The first-order chi connectivity index (χ1) is 34.4. The number of nitrogens with zero attached hydrogens (tertiary/aromatic N) is 4. The van der Waals surface area contributed by atoms with Gasteiger partial charge in [-0.25, -0.2) is 0 Å². The lowest BCUT2D eigenvalue weighted by molar-refractivity contribution is -0.267. The second-order valence-electron chi connectivity index (χ2n) is 16.7. The minimum absolute atomic E-state index is 0.00720. The number of benzene rings is 2. The van der Waals surface area contributed by atoms with Gasteiger partial charge in [-0.3, -0.25) is 48.4 Å². The Balaban J connectivity index is 0.973. The Hall–Kier alpha value is -6.24. The molecule has 2 aliphatic heterocycles. The largest absolute Gasteiger partial charge is 0.508 e. The number of phenols is 3. The Kier molecular flexibility index (Phi) is 22.1. The van der Waals surface area contributed by atoms with Crippen LogP contribution >= 0.6 is 0 Å². The van der Waals surface area contributed by atoms with Crippen LogP contribution in [0.5, 0.6) is 23.0 Å². The first-order valence-electron chi connectivity index (χ1n) is 22.9. The lowest BCUT2D eigenvalue weighted by Crippen LogP contribution is -2.62. The molecule has 2 saturated heterocycles. The van der Waals surface area contributed by atoms with Gasteiger partial charge in [-0.05, 0) is 24.3 Å². The summed E-state index contributed by atoms with van der Waals surface area (Å²) >= 11 is 0. The maximum atomic E-state index is 13.0. The minimum Gasteiger partial charge on any atom is -0.508 e. The van der Waals surface area contributed by atoms with Crippen molar-refractivity contribution in [1.29, 1.82) is 0 Å². The molecule has 2 amide bonds. The first kappa shape index (κ1) is 56.7. The van der Waals surface area contributed by atoms with Gasteiger partial charge in [0.05, 0.1) is 65.8 Å². The Morgan fingerprint density at radius 1 is 0.597 bits per heavy atom. The second kappa shape index (κ2) is 28.1. The predicted octanol–water partition coefficient (Wildman–Crippen LogP) is -3.48. The molecule has 0 radical (unpaired) electrons. The summed E-state index contributed by atoms with van der Waals surface area (Å²) < 4.78 is 33.3. The van der Waals surface area contributed by atoms with E-state index in [1.54, 1.807) is 19.6 Å². The molecule has 2 aromatic carbocycles. The van der Waals surface area contributed by atoms with Gasteiger partial charge >= 0.3 is 17.9 Å². The van der Waals surface area contributed by atoms with Crippen molar-refractivity contribution in [2.75, 3.05) is 131 Å². The average molecular weight is 1020 g/mol. The van der Waals surface area contributed by atoms with Crippen LogP contribution in [0.3, 0.4) is 0 Å². The lowest BCUT2D eigenvalue weighted by atomic mass is 9.98. The third-order valence-corrected chi connectivity index (χ3v) is 11.4. The molecule has 72 heavy (non-hydrogen) atoms. The van der Waals surface area contributed by atoms with E-state index in [2.05, 4.69) is 10.6 Å². The van der Waals surface area contributed by atoms with Gasteiger partial charge in [-0.1, -0.05) is 0 Å². The molecule has 27 nitrogen and oxygen atoms in total. The van der Waals surface area contributed by atoms with Crippen molar-refractivity contribution in [2.24, 2.45) is 0 Å². The maximum Gasteiger partial charge on any atom is 0.317 e. The fraction of sp³-hybridized carbons (Fsp3) is 0.556. The van der Waals surface area contributed by atoms with Crippen LogP contribution < -0.4 is 20.8 Å². The third-order valence-electron chi connectivity index (χ3n) is 11.4. The minimum atomic E-state index is -1.97. The average Bonchev–Trinajstić information content (AvgIpc) is 3.32.